The number of nitrogens with one attached hydrogen (secondary N) is 1. The predicted molar refractivity (Wildman–Crippen MR) is 114 cm³/mol. The van der Waals surface area contributed by atoms with Gasteiger partial charge in [0.25, 0.3) is 0 Å². The van der Waals surface area contributed by atoms with Crippen LogP contribution in [0.2, 0.25) is 0 Å². The number of morpholine rings is 1. The van der Waals surface area contributed by atoms with Crippen molar-refractivity contribution in [3.63, 3.8) is 0 Å². The summed E-state index contributed by atoms with van der Waals surface area (Å²) < 4.78 is 12.0. The standard InChI is InChI=1S/C22H29N5O2/c1-4-22(7-8-22)29-16-5-6-18(23)17(9-16)21(24)19-10-20(26-13-25-19)27-11-14(2)28-15(3)12-27/h5-6,9-10,13-15,24H,4,7-8,11-12,23H2,1-3H3. The SMILES string of the molecule is CCC1(Oc2ccc(N)c(C(=N)c3cc(N4CC(C)OC(C)C4)ncn3)c2)CC1. The number of benzene rings is 1. The summed E-state index contributed by atoms with van der Waals surface area (Å²) in [6.45, 7) is 7.78. The summed E-state index contributed by atoms with van der Waals surface area (Å²) in [4.78, 5) is 10.9. The Kier molecular flexibility index (Phi) is 5.17. The molecule has 1 saturated heterocycles. The second-order valence-corrected chi connectivity index (χ2v) is 8.19. The average Bonchev–Trinajstić information content (AvgIpc) is 3.48. The van der Waals surface area contributed by atoms with Gasteiger partial charge in [-0.05, 0) is 51.3 Å². The van der Waals surface area contributed by atoms with E-state index >= 15 is 0 Å². The molecule has 7 nitrogen and oxygen atoms in total. The number of nitrogens with two attached hydrogens (primary N) is 1. The van der Waals surface area contributed by atoms with Crippen molar-refractivity contribution in [2.45, 2.75) is 57.8 Å². The zero-order valence-corrected chi connectivity index (χ0v) is 17.3. The van der Waals surface area contributed by atoms with Crippen LogP contribution >= 0.6 is 0 Å². The van der Waals surface area contributed by atoms with Crippen LogP contribution in [0.5, 0.6) is 5.75 Å². The van der Waals surface area contributed by atoms with Gasteiger partial charge in [0.1, 0.15) is 23.5 Å². The van der Waals surface area contributed by atoms with E-state index in [1.807, 2.05) is 18.2 Å². The lowest BCUT2D eigenvalue weighted by Crippen LogP contribution is -2.45. The van der Waals surface area contributed by atoms with Gasteiger partial charge in [0, 0.05) is 30.4 Å². The summed E-state index contributed by atoms with van der Waals surface area (Å²) in [6, 6.07) is 7.39. The Balaban J connectivity index is 1.58. The number of anilines is 2. The molecular weight excluding hydrogens is 366 g/mol. The van der Waals surface area contributed by atoms with E-state index in [9.17, 15) is 0 Å². The second kappa shape index (κ2) is 7.63. The molecule has 2 aromatic rings. The molecule has 29 heavy (non-hydrogen) atoms. The number of ether oxygens (including phenoxy) is 2. The summed E-state index contributed by atoms with van der Waals surface area (Å²) in [5, 5.41) is 8.72. The van der Waals surface area contributed by atoms with Crippen molar-refractivity contribution in [3.8, 4) is 5.75 Å². The van der Waals surface area contributed by atoms with Crippen LogP contribution in [0.25, 0.3) is 0 Å². The highest BCUT2D eigenvalue weighted by molar-refractivity contribution is 6.13. The van der Waals surface area contributed by atoms with Crippen molar-refractivity contribution in [3.05, 3.63) is 41.9 Å². The molecule has 1 aromatic carbocycles. The van der Waals surface area contributed by atoms with Crippen LogP contribution in [0.15, 0.2) is 30.6 Å². The molecule has 2 heterocycles. The highest BCUT2D eigenvalue weighted by atomic mass is 16.5. The maximum atomic E-state index is 8.72. The molecule has 0 radical (unpaired) electrons. The Morgan fingerprint density at radius 3 is 2.62 bits per heavy atom. The number of nitrogen functional groups attached to an aromatic ring is 1. The molecule has 0 spiro atoms. The third kappa shape index (κ3) is 4.19. The maximum Gasteiger partial charge on any atom is 0.132 e. The molecule has 154 valence electrons. The van der Waals surface area contributed by atoms with Gasteiger partial charge < -0.3 is 20.1 Å². The fourth-order valence-electron chi connectivity index (χ4n) is 3.89. The fourth-order valence-corrected chi connectivity index (χ4v) is 3.89. The molecule has 1 aromatic heterocycles. The van der Waals surface area contributed by atoms with Gasteiger partial charge in [-0.25, -0.2) is 9.97 Å². The first kappa shape index (κ1) is 19.6. The van der Waals surface area contributed by atoms with Gasteiger partial charge >= 0.3 is 0 Å². The van der Waals surface area contributed by atoms with Gasteiger partial charge in [0.05, 0.1) is 23.6 Å². The molecule has 7 heteroatoms. The van der Waals surface area contributed by atoms with Crippen LogP contribution in [0, 0.1) is 5.41 Å². The minimum atomic E-state index is -0.0403. The summed E-state index contributed by atoms with van der Waals surface area (Å²) >= 11 is 0. The number of hydrogen-bond donors (Lipinski definition) is 2. The highest BCUT2D eigenvalue weighted by Gasteiger charge is 2.43. The zero-order valence-electron chi connectivity index (χ0n) is 17.3. The van der Waals surface area contributed by atoms with E-state index in [1.54, 1.807) is 6.07 Å². The molecular formula is C22H29N5O2. The van der Waals surface area contributed by atoms with E-state index in [0.29, 0.717) is 16.9 Å². The molecule has 2 atom stereocenters. The summed E-state index contributed by atoms with van der Waals surface area (Å²) in [6.07, 6.45) is 4.91. The Labute approximate surface area is 171 Å². The molecule has 2 unspecified atom stereocenters. The van der Waals surface area contributed by atoms with Gasteiger partial charge in [-0.3, -0.25) is 5.41 Å². The van der Waals surface area contributed by atoms with Crippen molar-refractivity contribution in [1.82, 2.24) is 9.97 Å². The Morgan fingerprint density at radius 1 is 1.24 bits per heavy atom. The maximum absolute atomic E-state index is 8.72. The summed E-state index contributed by atoms with van der Waals surface area (Å²) in [5.41, 5.74) is 8.13. The van der Waals surface area contributed by atoms with E-state index < -0.39 is 0 Å². The van der Waals surface area contributed by atoms with Gasteiger partial charge in [-0.1, -0.05) is 6.92 Å². The Hall–Kier alpha value is -2.67. The van der Waals surface area contributed by atoms with Crippen molar-refractivity contribution in [1.29, 1.82) is 5.41 Å². The molecule has 2 fully saturated rings. The predicted octanol–water partition coefficient (Wildman–Crippen LogP) is 3.41. The third-order valence-electron chi connectivity index (χ3n) is 5.73. The number of aromatic nitrogens is 2. The first-order chi connectivity index (χ1) is 13.9. The van der Waals surface area contributed by atoms with E-state index in [1.165, 1.54) is 6.33 Å². The molecule has 3 N–H and O–H groups in total. The monoisotopic (exact) mass is 395 g/mol. The number of nitrogens with zero attached hydrogens (tertiary/aromatic N) is 3. The van der Waals surface area contributed by atoms with Gasteiger partial charge in [-0.2, -0.15) is 0 Å². The van der Waals surface area contributed by atoms with E-state index in [-0.39, 0.29) is 23.5 Å². The highest BCUT2D eigenvalue weighted by Crippen LogP contribution is 2.43. The minimum absolute atomic E-state index is 0.0403. The van der Waals surface area contributed by atoms with Crippen LogP contribution in [0.1, 0.15) is 51.3 Å². The molecule has 2 aliphatic rings. The lowest BCUT2D eigenvalue weighted by atomic mass is 10.0. The molecule has 0 bridgehead atoms. The van der Waals surface area contributed by atoms with Gasteiger partial charge in [0.2, 0.25) is 0 Å². The fraction of sp³-hybridized carbons (Fsp3) is 0.500. The smallest absolute Gasteiger partial charge is 0.132 e. The zero-order chi connectivity index (χ0) is 20.6. The first-order valence-corrected chi connectivity index (χ1v) is 10.3. The van der Waals surface area contributed by atoms with Crippen molar-refractivity contribution in [2.75, 3.05) is 23.7 Å². The van der Waals surface area contributed by atoms with Crippen LogP contribution in [-0.2, 0) is 4.74 Å². The van der Waals surface area contributed by atoms with Crippen LogP contribution in [0.4, 0.5) is 11.5 Å². The largest absolute Gasteiger partial charge is 0.487 e. The number of rotatable bonds is 6. The Morgan fingerprint density at radius 2 is 1.97 bits per heavy atom. The van der Waals surface area contributed by atoms with Crippen molar-refractivity contribution in [2.24, 2.45) is 0 Å². The lowest BCUT2D eigenvalue weighted by Gasteiger charge is -2.36. The molecule has 1 aliphatic carbocycles. The van der Waals surface area contributed by atoms with Crippen LogP contribution < -0.4 is 15.4 Å². The van der Waals surface area contributed by atoms with Crippen molar-refractivity contribution >= 4 is 17.2 Å². The minimum Gasteiger partial charge on any atom is -0.487 e. The second-order valence-electron chi connectivity index (χ2n) is 8.19. The Bertz CT molecular complexity index is 902. The topological polar surface area (TPSA) is 97.4 Å². The van der Waals surface area contributed by atoms with Crippen LogP contribution in [-0.4, -0.2) is 46.6 Å². The first-order valence-electron chi connectivity index (χ1n) is 10.3. The number of hydrogen-bond acceptors (Lipinski definition) is 7. The lowest BCUT2D eigenvalue weighted by molar-refractivity contribution is -0.00546. The quantitative estimate of drug-likeness (QED) is 0.575. The van der Waals surface area contributed by atoms with Gasteiger partial charge in [-0.15, -0.1) is 0 Å². The summed E-state index contributed by atoms with van der Waals surface area (Å²) in [5.74, 6) is 1.55. The average molecular weight is 396 g/mol. The molecule has 1 saturated carbocycles. The van der Waals surface area contributed by atoms with Gasteiger partial charge in [0.15, 0.2) is 0 Å². The van der Waals surface area contributed by atoms with E-state index in [0.717, 1.165) is 43.9 Å². The van der Waals surface area contributed by atoms with E-state index in [2.05, 4.69) is 35.6 Å². The summed E-state index contributed by atoms with van der Waals surface area (Å²) in [7, 11) is 0. The third-order valence-corrected chi connectivity index (χ3v) is 5.73. The van der Waals surface area contributed by atoms with E-state index in [4.69, 9.17) is 20.6 Å². The molecule has 4 rings (SSSR count). The van der Waals surface area contributed by atoms with Crippen molar-refractivity contribution < 1.29 is 9.47 Å². The van der Waals surface area contributed by atoms with Crippen LogP contribution in [0.3, 0.4) is 0 Å². The molecule has 0 amide bonds. The normalized spacial score (nSPS) is 22.9. The molecule has 1 aliphatic heterocycles.